The number of carbonyl (C=O) groups excluding carboxylic acids is 1. The van der Waals surface area contributed by atoms with Crippen LogP contribution in [0.1, 0.15) is 48.2 Å². The second kappa shape index (κ2) is 7.52. The number of hydrogen-bond donors (Lipinski definition) is 1. The lowest BCUT2D eigenvalue weighted by molar-refractivity contribution is 0.102. The maximum Gasteiger partial charge on any atom is 0.255 e. The molecule has 1 amide bonds. The van der Waals surface area contributed by atoms with E-state index in [0.717, 1.165) is 42.9 Å². The minimum Gasteiger partial charge on any atom is -0.372 e. The average molecular weight is 322 g/mol. The molecule has 0 bridgehead atoms. The summed E-state index contributed by atoms with van der Waals surface area (Å²) in [6.07, 6.45) is 4.30. The van der Waals surface area contributed by atoms with Crippen LogP contribution in [0.5, 0.6) is 0 Å². The molecule has 2 aromatic rings. The normalized spacial score (nSPS) is 14.0. The van der Waals surface area contributed by atoms with Crippen molar-refractivity contribution in [2.75, 3.05) is 23.3 Å². The number of hydrogen-bond acceptors (Lipinski definition) is 2. The van der Waals surface area contributed by atoms with Crippen LogP contribution in [-0.2, 0) is 12.8 Å². The fourth-order valence-corrected chi connectivity index (χ4v) is 3.41. The Morgan fingerprint density at radius 1 is 1.00 bits per heavy atom. The molecular weight excluding hydrogens is 296 g/mol. The zero-order chi connectivity index (χ0) is 16.9. The maximum atomic E-state index is 12.8. The molecule has 1 N–H and O–H groups in total. The summed E-state index contributed by atoms with van der Waals surface area (Å²) in [4.78, 5) is 15.1. The van der Waals surface area contributed by atoms with Crippen LogP contribution in [0, 0.1) is 0 Å². The van der Waals surface area contributed by atoms with Crippen molar-refractivity contribution < 1.29 is 4.79 Å². The van der Waals surface area contributed by atoms with Gasteiger partial charge in [0.2, 0.25) is 0 Å². The summed E-state index contributed by atoms with van der Waals surface area (Å²) in [6, 6.07) is 14.2. The van der Waals surface area contributed by atoms with Crippen LogP contribution in [0.4, 0.5) is 11.4 Å². The van der Waals surface area contributed by atoms with Crippen molar-refractivity contribution in [3.8, 4) is 0 Å². The second-order valence-corrected chi connectivity index (χ2v) is 6.36. The van der Waals surface area contributed by atoms with Crippen molar-refractivity contribution in [2.45, 2.75) is 39.5 Å². The first kappa shape index (κ1) is 16.6. The van der Waals surface area contributed by atoms with Gasteiger partial charge in [-0.15, -0.1) is 0 Å². The molecule has 126 valence electrons. The molecule has 3 nitrogen and oxygen atoms in total. The Balaban J connectivity index is 1.84. The first-order valence-electron chi connectivity index (χ1n) is 9.00. The lowest BCUT2D eigenvalue weighted by Gasteiger charge is -2.19. The predicted octanol–water partition coefficient (Wildman–Crippen LogP) is 4.66. The molecule has 3 heteroatoms. The van der Waals surface area contributed by atoms with Crippen molar-refractivity contribution in [1.82, 2.24) is 0 Å². The van der Waals surface area contributed by atoms with Crippen LogP contribution in [0.3, 0.4) is 0 Å². The van der Waals surface area contributed by atoms with Gasteiger partial charge in [0.15, 0.2) is 0 Å². The van der Waals surface area contributed by atoms with Crippen LogP contribution in [0.2, 0.25) is 0 Å². The minimum atomic E-state index is -0.0216. The number of amides is 1. The van der Waals surface area contributed by atoms with Gasteiger partial charge in [-0.3, -0.25) is 4.79 Å². The van der Waals surface area contributed by atoms with Crippen LogP contribution in [0.15, 0.2) is 42.5 Å². The smallest absolute Gasteiger partial charge is 0.255 e. The summed E-state index contributed by atoms with van der Waals surface area (Å²) < 4.78 is 0. The van der Waals surface area contributed by atoms with Gasteiger partial charge >= 0.3 is 0 Å². The topological polar surface area (TPSA) is 32.3 Å². The van der Waals surface area contributed by atoms with E-state index in [1.54, 1.807) is 0 Å². The van der Waals surface area contributed by atoms with Crippen molar-refractivity contribution in [3.63, 3.8) is 0 Å². The highest BCUT2D eigenvalue weighted by Gasteiger charge is 2.15. The monoisotopic (exact) mass is 322 g/mol. The minimum absolute atomic E-state index is 0.0216. The molecule has 0 radical (unpaired) electrons. The van der Waals surface area contributed by atoms with Gasteiger partial charge in [0.1, 0.15) is 0 Å². The summed E-state index contributed by atoms with van der Waals surface area (Å²) in [6.45, 7) is 6.42. The molecule has 1 fully saturated rings. The van der Waals surface area contributed by atoms with Gasteiger partial charge in [0.05, 0.1) is 0 Å². The Bertz CT molecular complexity index is 695. The van der Waals surface area contributed by atoms with Gasteiger partial charge in [-0.05, 0) is 55.0 Å². The summed E-state index contributed by atoms with van der Waals surface area (Å²) in [7, 11) is 0. The Morgan fingerprint density at radius 3 is 2.25 bits per heavy atom. The molecule has 0 spiro atoms. The van der Waals surface area contributed by atoms with E-state index < -0.39 is 0 Å². The van der Waals surface area contributed by atoms with Gasteiger partial charge in [0.25, 0.3) is 5.91 Å². The number of benzene rings is 2. The molecule has 24 heavy (non-hydrogen) atoms. The molecule has 1 aliphatic rings. The number of anilines is 2. The largest absolute Gasteiger partial charge is 0.372 e. The first-order chi connectivity index (χ1) is 11.7. The Hall–Kier alpha value is -2.29. The molecule has 0 unspecified atom stereocenters. The van der Waals surface area contributed by atoms with Crippen LogP contribution in [0.25, 0.3) is 0 Å². The Labute approximate surface area is 144 Å². The number of nitrogens with one attached hydrogen (secondary N) is 1. The van der Waals surface area contributed by atoms with Crippen LogP contribution in [-0.4, -0.2) is 19.0 Å². The van der Waals surface area contributed by atoms with Crippen molar-refractivity contribution >= 4 is 17.3 Å². The number of carbonyl (C=O) groups is 1. The number of nitrogens with zero attached hydrogens (tertiary/aromatic N) is 1. The molecule has 1 aliphatic heterocycles. The lowest BCUT2D eigenvalue weighted by Crippen LogP contribution is -2.19. The molecule has 0 saturated carbocycles. The van der Waals surface area contributed by atoms with Crippen molar-refractivity contribution in [2.24, 2.45) is 0 Å². The quantitative estimate of drug-likeness (QED) is 0.868. The highest BCUT2D eigenvalue weighted by molar-refractivity contribution is 6.05. The highest BCUT2D eigenvalue weighted by Crippen LogP contribution is 2.25. The standard InChI is InChI=1S/C21H26N2O/c1-3-16-9-7-10-17(4-2)20(16)22-21(24)18-11-8-12-19(15-18)23-13-5-6-14-23/h7-12,15H,3-6,13-14H2,1-2H3,(H,22,24). The molecule has 0 aliphatic carbocycles. The van der Waals surface area contributed by atoms with Crippen molar-refractivity contribution in [3.05, 3.63) is 59.2 Å². The average Bonchev–Trinajstić information content (AvgIpc) is 3.16. The highest BCUT2D eigenvalue weighted by atomic mass is 16.1. The molecule has 1 saturated heterocycles. The molecule has 1 heterocycles. The number of rotatable bonds is 5. The van der Waals surface area contributed by atoms with E-state index in [1.807, 2.05) is 18.2 Å². The summed E-state index contributed by atoms with van der Waals surface area (Å²) in [5, 5.41) is 3.16. The van der Waals surface area contributed by atoms with Crippen molar-refractivity contribution in [1.29, 1.82) is 0 Å². The third kappa shape index (κ3) is 3.45. The van der Waals surface area contributed by atoms with E-state index in [4.69, 9.17) is 0 Å². The van der Waals surface area contributed by atoms with Gasteiger partial charge < -0.3 is 10.2 Å². The fraction of sp³-hybridized carbons (Fsp3) is 0.381. The molecule has 3 rings (SSSR count). The van der Waals surface area contributed by atoms with Gasteiger partial charge in [-0.2, -0.15) is 0 Å². The summed E-state index contributed by atoms with van der Waals surface area (Å²) in [5.74, 6) is -0.0216. The molecule has 0 aromatic heterocycles. The first-order valence-corrected chi connectivity index (χ1v) is 9.00. The van der Waals surface area contributed by atoms with Gasteiger partial charge in [0, 0.05) is 30.0 Å². The fourth-order valence-electron chi connectivity index (χ4n) is 3.41. The Kier molecular flexibility index (Phi) is 5.19. The molecule has 2 aromatic carbocycles. The third-order valence-electron chi connectivity index (χ3n) is 4.82. The summed E-state index contributed by atoms with van der Waals surface area (Å²) in [5.41, 5.74) is 5.25. The Morgan fingerprint density at radius 2 is 1.62 bits per heavy atom. The number of aryl methyl sites for hydroxylation is 2. The van der Waals surface area contributed by atoms with E-state index in [1.165, 1.54) is 24.0 Å². The summed E-state index contributed by atoms with van der Waals surface area (Å²) >= 11 is 0. The second-order valence-electron chi connectivity index (χ2n) is 6.36. The third-order valence-corrected chi connectivity index (χ3v) is 4.82. The zero-order valence-electron chi connectivity index (χ0n) is 14.6. The maximum absolute atomic E-state index is 12.8. The SMILES string of the molecule is CCc1cccc(CC)c1NC(=O)c1cccc(N2CCCC2)c1. The van der Waals surface area contributed by atoms with Crippen LogP contribution < -0.4 is 10.2 Å². The molecular formula is C21H26N2O. The molecule has 0 atom stereocenters. The van der Waals surface area contributed by atoms with E-state index in [-0.39, 0.29) is 5.91 Å². The van der Waals surface area contributed by atoms with E-state index in [0.29, 0.717) is 0 Å². The van der Waals surface area contributed by atoms with E-state index >= 15 is 0 Å². The number of para-hydroxylation sites is 1. The van der Waals surface area contributed by atoms with Gasteiger partial charge in [-0.25, -0.2) is 0 Å². The van der Waals surface area contributed by atoms with Gasteiger partial charge in [-0.1, -0.05) is 38.1 Å². The van der Waals surface area contributed by atoms with Crippen LogP contribution >= 0.6 is 0 Å². The zero-order valence-corrected chi connectivity index (χ0v) is 14.6. The van der Waals surface area contributed by atoms with E-state index in [9.17, 15) is 4.79 Å². The lowest BCUT2D eigenvalue weighted by atomic mass is 10.0. The van der Waals surface area contributed by atoms with E-state index in [2.05, 4.69) is 48.3 Å². The predicted molar refractivity (Wildman–Crippen MR) is 101 cm³/mol.